The molecule has 0 spiro atoms. The number of halogens is 4. The Bertz CT molecular complexity index is 1450. The first kappa shape index (κ1) is 23.6. The summed E-state index contributed by atoms with van der Waals surface area (Å²) in [6, 6.07) is 5.38. The molecule has 1 aliphatic carbocycles. The van der Waals surface area contributed by atoms with Crippen LogP contribution < -0.4 is 15.6 Å². The molecule has 5 rings (SSSR count). The van der Waals surface area contributed by atoms with Crippen molar-refractivity contribution >= 4 is 17.5 Å². The molecular weight excluding hydrogens is 482 g/mol. The Morgan fingerprint density at radius 1 is 1.08 bits per heavy atom. The summed E-state index contributed by atoms with van der Waals surface area (Å²) >= 11 is 0. The molecule has 2 amide bonds. The topological polar surface area (TPSA) is 102 Å². The van der Waals surface area contributed by atoms with E-state index in [1.807, 2.05) is 0 Å². The fraction of sp³-hybridized carbons (Fsp3) is 0.240. The summed E-state index contributed by atoms with van der Waals surface area (Å²) in [5.41, 5.74) is -2.26. The number of amides is 2. The summed E-state index contributed by atoms with van der Waals surface area (Å²) < 4.78 is 55.4. The standard InChI is InChI=1S/C25H19F4N3O4/c26-14-6-18(28)15(19(29)7-14)8-31-24(35)16-9-30-20(23(34)22(16)33)25(36)32-10-13-5-12(13)4-11-2-1-3-17(27)21(11)32/h1-3,6-7,9,12-13,34H,4-5,8,10H2,(H,30,33)(H,31,35)/t12?,13-/m0/s1. The van der Waals surface area contributed by atoms with E-state index in [-0.39, 0.29) is 18.2 Å². The minimum atomic E-state index is -1.23. The second kappa shape index (κ2) is 8.81. The minimum Gasteiger partial charge on any atom is -0.503 e. The normalized spacial score (nSPS) is 18.2. The zero-order valence-electron chi connectivity index (χ0n) is 18.6. The molecule has 11 heteroatoms. The quantitative estimate of drug-likeness (QED) is 0.477. The van der Waals surface area contributed by atoms with Crippen LogP contribution in [0.4, 0.5) is 23.2 Å². The maximum atomic E-state index is 14.7. The number of aromatic amines is 1. The van der Waals surface area contributed by atoms with Crippen molar-refractivity contribution in [2.24, 2.45) is 11.8 Å². The SMILES string of the molecule is O=C(NCc1c(F)cc(F)cc1F)c1c[nH]c(C(=O)N2C[C@@H]3CC3Cc3cccc(F)c32)c(O)c1=O. The fourth-order valence-electron chi connectivity index (χ4n) is 4.59. The van der Waals surface area contributed by atoms with Gasteiger partial charge in [0.1, 0.15) is 28.8 Å². The molecule has 3 aromatic rings. The molecule has 0 bridgehead atoms. The molecule has 0 radical (unpaired) electrons. The number of hydrogen-bond donors (Lipinski definition) is 3. The van der Waals surface area contributed by atoms with E-state index in [1.165, 1.54) is 11.0 Å². The smallest absolute Gasteiger partial charge is 0.278 e. The molecule has 1 aliphatic heterocycles. The van der Waals surface area contributed by atoms with E-state index in [9.17, 15) is 37.1 Å². The number of para-hydroxylation sites is 1. The van der Waals surface area contributed by atoms with Gasteiger partial charge in [-0.25, -0.2) is 17.6 Å². The van der Waals surface area contributed by atoms with E-state index in [0.29, 0.717) is 30.0 Å². The highest BCUT2D eigenvalue weighted by atomic mass is 19.1. The zero-order valence-corrected chi connectivity index (χ0v) is 18.6. The van der Waals surface area contributed by atoms with Crippen molar-refractivity contribution in [1.29, 1.82) is 0 Å². The van der Waals surface area contributed by atoms with Gasteiger partial charge in [-0.15, -0.1) is 0 Å². The molecule has 1 fully saturated rings. The molecule has 0 saturated heterocycles. The van der Waals surface area contributed by atoms with E-state index in [4.69, 9.17) is 0 Å². The first-order chi connectivity index (χ1) is 17.2. The number of carbonyl (C=O) groups is 2. The highest BCUT2D eigenvalue weighted by Gasteiger charge is 2.44. The largest absolute Gasteiger partial charge is 0.503 e. The van der Waals surface area contributed by atoms with Crippen molar-refractivity contribution in [2.75, 3.05) is 11.4 Å². The second-order valence-corrected chi connectivity index (χ2v) is 8.91. The van der Waals surface area contributed by atoms with Crippen LogP contribution in [0.25, 0.3) is 0 Å². The lowest BCUT2D eigenvalue weighted by atomic mass is 10.1. The Hall–Kier alpha value is -4.15. The van der Waals surface area contributed by atoms with E-state index in [2.05, 4.69) is 10.3 Å². The predicted octanol–water partition coefficient (Wildman–Crippen LogP) is 3.41. The lowest BCUT2D eigenvalue weighted by Crippen LogP contribution is -2.36. The third-order valence-corrected chi connectivity index (χ3v) is 6.60. The lowest BCUT2D eigenvalue weighted by Gasteiger charge is -2.24. The average Bonchev–Trinajstić information content (AvgIpc) is 3.57. The molecule has 1 unspecified atom stereocenters. The first-order valence-corrected chi connectivity index (χ1v) is 11.1. The first-order valence-electron chi connectivity index (χ1n) is 11.1. The molecule has 2 aliphatic rings. The number of H-pyrrole nitrogens is 1. The molecule has 2 aromatic carbocycles. The average molecular weight is 501 g/mol. The summed E-state index contributed by atoms with van der Waals surface area (Å²) in [7, 11) is 0. The zero-order chi connectivity index (χ0) is 25.7. The van der Waals surface area contributed by atoms with Crippen molar-refractivity contribution < 1.29 is 32.3 Å². The van der Waals surface area contributed by atoms with E-state index in [1.54, 1.807) is 12.1 Å². The van der Waals surface area contributed by atoms with Gasteiger partial charge in [-0.3, -0.25) is 14.4 Å². The molecule has 1 saturated carbocycles. The number of rotatable bonds is 4. The minimum absolute atomic E-state index is 0.0834. The molecule has 2 atom stereocenters. The molecule has 3 N–H and O–H groups in total. The van der Waals surface area contributed by atoms with E-state index >= 15 is 0 Å². The predicted molar refractivity (Wildman–Crippen MR) is 120 cm³/mol. The van der Waals surface area contributed by atoms with Crippen LogP contribution in [0, 0.1) is 35.1 Å². The molecule has 7 nitrogen and oxygen atoms in total. The van der Waals surface area contributed by atoms with Gasteiger partial charge in [-0.05, 0) is 36.3 Å². The van der Waals surface area contributed by atoms with Crippen LogP contribution in [-0.4, -0.2) is 28.4 Å². The van der Waals surface area contributed by atoms with Crippen molar-refractivity contribution in [3.8, 4) is 5.75 Å². The van der Waals surface area contributed by atoms with Gasteiger partial charge in [0.25, 0.3) is 11.8 Å². The number of nitrogens with zero attached hydrogens (tertiary/aromatic N) is 1. The molecular formula is C25H19F4N3O4. The summed E-state index contributed by atoms with van der Waals surface area (Å²) in [6.07, 6.45) is 2.36. The third kappa shape index (κ3) is 4.10. The van der Waals surface area contributed by atoms with Gasteiger partial charge in [0, 0.05) is 37.0 Å². The molecule has 36 heavy (non-hydrogen) atoms. The van der Waals surface area contributed by atoms with Gasteiger partial charge in [0.05, 0.1) is 5.69 Å². The number of hydrogen-bond acceptors (Lipinski definition) is 4. The number of carbonyl (C=O) groups excluding carboxylic acids is 2. The van der Waals surface area contributed by atoms with E-state index in [0.717, 1.165) is 12.6 Å². The third-order valence-electron chi connectivity index (χ3n) is 6.60. The summed E-state index contributed by atoms with van der Waals surface area (Å²) in [5, 5.41) is 12.6. The van der Waals surface area contributed by atoms with Gasteiger partial charge in [-0.2, -0.15) is 0 Å². The Balaban J connectivity index is 1.41. The van der Waals surface area contributed by atoms with Gasteiger partial charge in [0.2, 0.25) is 5.43 Å². The highest BCUT2D eigenvalue weighted by molar-refractivity contribution is 6.07. The monoisotopic (exact) mass is 501 g/mol. The van der Waals surface area contributed by atoms with Gasteiger partial charge in [-0.1, -0.05) is 12.1 Å². The number of aromatic hydroxyl groups is 1. The van der Waals surface area contributed by atoms with Crippen LogP contribution in [0.5, 0.6) is 5.75 Å². The highest BCUT2D eigenvalue weighted by Crippen LogP contribution is 2.47. The number of fused-ring (bicyclic) bond motifs is 2. The Labute approximate surface area is 201 Å². The Kier molecular flexibility index (Phi) is 5.77. The Morgan fingerprint density at radius 2 is 1.81 bits per heavy atom. The summed E-state index contributed by atoms with van der Waals surface area (Å²) in [4.78, 5) is 42.1. The summed E-state index contributed by atoms with van der Waals surface area (Å²) in [6.45, 7) is -0.500. The van der Waals surface area contributed by atoms with Gasteiger partial charge >= 0.3 is 0 Å². The number of anilines is 1. The lowest BCUT2D eigenvalue weighted by molar-refractivity contribution is 0.0942. The number of nitrogens with one attached hydrogen (secondary N) is 2. The second-order valence-electron chi connectivity index (χ2n) is 8.91. The fourth-order valence-corrected chi connectivity index (χ4v) is 4.59. The van der Waals surface area contributed by atoms with Crippen LogP contribution in [-0.2, 0) is 13.0 Å². The molecule has 186 valence electrons. The van der Waals surface area contributed by atoms with Crippen molar-refractivity contribution in [3.05, 3.63) is 92.4 Å². The number of benzene rings is 2. The van der Waals surface area contributed by atoms with Gasteiger partial charge in [0.15, 0.2) is 11.4 Å². The van der Waals surface area contributed by atoms with Crippen molar-refractivity contribution in [2.45, 2.75) is 19.4 Å². The van der Waals surface area contributed by atoms with Crippen LogP contribution >= 0.6 is 0 Å². The molecule has 2 heterocycles. The van der Waals surface area contributed by atoms with Crippen LogP contribution in [0.15, 0.2) is 41.3 Å². The Morgan fingerprint density at radius 3 is 2.53 bits per heavy atom. The van der Waals surface area contributed by atoms with Crippen LogP contribution in [0.3, 0.4) is 0 Å². The van der Waals surface area contributed by atoms with Crippen molar-refractivity contribution in [1.82, 2.24) is 10.3 Å². The van der Waals surface area contributed by atoms with Crippen LogP contribution in [0.2, 0.25) is 0 Å². The summed E-state index contributed by atoms with van der Waals surface area (Å²) in [5.74, 6) is -6.72. The maximum absolute atomic E-state index is 14.7. The van der Waals surface area contributed by atoms with Crippen LogP contribution in [0.1, 0.15) is 38.4 Å². The van der Waals surface area contributed by atoms with Crippen molar-refractivity contribution in [3.63, 3.8) is 0 Å². The van der Waals surface area contributed by atoms with Gasteiger partial charge < -0.3 is 20.3 Å². The number of aromatic nitrogens is 1. The maximum Gasteiger partial charge on any atom is 0.278 e. The van der Waals surface area contributed by atoms with E-state index < -0.39 is 69.6 Å². The molecule has 1 aromatic heterocycles. The number of pyridine rings is 1.